The van der Waals surface area contributed by atoms with E-state index in [0.717, 1.165) is 18.8 Å². The summed E-state index contributed by atoms with van der Waals surface area (Å²) < 4.78 is 1.98. The lowest BCUT2D eigenvalue weighted by Gasteiger charge is -2.08. The van der Waals surface area contributed by atoms with Crippen molar-refractivity contribution in [3.8, 4) is 0 Å². The van der Waals surface area contributed by atoms with Crippen LogP contribution in [0.15, 0.2) is 30.6 Å². The van der Waals surface area contributed by atoms with Crippen LogP contribution in [0, 0.1) is 17.0 Å². The summed E-state index contributed by atoms with van der Waals surface area (Å²) in [5.74, 6) is 0.490. The Labute approximate surface area is 132 Å². The van der Waals surface area contributed by atoms with E-state index in [1.165, 1.54) is 18.2 Å². The predicted molar refractivity (Wildman–Crippen MR) is 82.0 cm³/mol. The molecule has 0 atom stereocenters. The standard InChI is InChI=1S/C14H15ClN4O3/c1-10-16-6-8-18(10)7-2-5-17-14(20)12-9-11(19(21)22)3-4-13(12)15/h3-4,6,8-9H,2,5,7H2,1H3,(H,17,20). The molecule has 0 spiro atoms. The highest BCUT2D eigenvalue weighted by molar-refractivity contribution is 6.33. The molecule has 0 aliphatic rings. The molecule has 0 radical (unpaired) electrons. The van der Waals surface area contributed by atoms with E-state index < -0.39 is 10.8 Å². The van der Waals surface area contributed by atoms with Crippen molar-refractivity contribution in [3.05, 3.63) is 57.1 Å². The summed E-state index contributed by atoms with van der Waals surface area (Å²) in [6, 6.07) is 3.79. The number of non-ortho nitro benzene ring substituents is 1. The van der Waals surface area contributed by atoms with Gasteiger partial charge in [-0.15, -0.1) is 0 Å². The molecule has 0 fully saturated rings. The van der Waals surface area contributed by atoms with Crippen LogP contribution >= 0.6 is 11.6 Å². The fourth-order valence-corrected chi connectivity index (χ4v) is 2.19. The van der Waals surface area contributed by atoms with Crippen molar-refractivity contribution in [1.82, 2.24) is 14.9 Å². The maximum atomic E-state index is 12.0. The molecule has 1 N–H and O–H groups in total. The molecule has 0 unspecified atom stereocenters. The number of nitro groups is 1. The molecule has 0 saturated carbocycles. The van der Waals surface area contributed by atoms with Crippen molar-refractivity contribution in [3.63, 3.8) is 0 Å². The molecule has 2 aromatic rings. The van der Waals surface area contributed by atoms with Crippen LogP contribution in [0.3, 0.4) is 0 Å². The number of carbonyl (C=O) groups excluding carboxylic acids is 1. The highest BCUT2D eigenvalue weighted by Crippen LogP contribution is 2.21. The smallest absolute Gasteiger partial charge is 0.270 e. The molecular formula is C14H15ClN4O3. The first-order valence-electron chi connectivity index (χ1n) is 6.69. The zero-order chi connectivity index (χ0) is 16.1. The Morgan fingerprint density at radius 1 is 1.50 bits per heavy atom. The van der Waals surface area contributed by atoms with Gasteiger partial charge in [0.1, 0.15) is 5.82 Å². The Kier molecular flexibility index (Phi) is 5.11. The van der Waals surface area contributed by atoms with Crippen LogP contribution in [0.5, 0.6) is 0 Å². The minimum absolute atomic E-state index is 0.106. The zero-order valence-electron chi connectivity index (χ0n) is 12.0. The van der Waals surface area contributed by atoms with E-state index in [4.69, 9.17) is 11.6 Å². The average molecular weight is 323 g/mol. The van der Waals surface area contributed by atoms with Crippen LogP contribution < -0.4 is 5.32 Å². The van der Waals surface area contributed by atoms with Crippen molar-refractivity contribution in [2.45, 2.75) is 19.9 Å². The highest BCUT2D eigenvalue weighted by Gasteiger charge is 2.15. The monoisotopic (exact) mass is 322 g/mol. The van der Waals surface area contributed by atoms with Crippen molar-refractivity contribution in [2.24, 2.45) is 0 Å². The largest absolute Gasteiger partial charge is 0.352 e. The lowest BCUT2D eigenvalue weighted by Crippen LogP contribution is -2.25. The average Bonchev–Trinajstić information content (AvgIpc) is 2.89. The van der Waals surface area contributed by atoms with Gasteiger partial charge in [-0.2, -0.15) is 0 Å². The topological polar surface area (TPSA) is 90.1 Å². The van der Waals surface area contributed by atoms with E-state index in [9.17, 15) is 14.9 Å². The van der Waals surface area contributed by atoms with Gasteiger partial charge in [-0.3, -0.25) is 14.9 Å². The second-order valence-corrected chi connectivity index (χ2v) is 5.11. The molecule has 0 saturated heterocycles. The van der Waals surface area contributed by atoms with Gasteiger partial charge in [-0.1, -0.05) is 11.6 Å². The number of amides is 1. The van der Waals surface area contributed by atoms with E-state index in [2.05, 4.69) is 10.3 Å². The molecule has 22 heavy (non-hydrogen) atoms. The summed E-state index contributed by atoms with van der Waals surface area (Å²) >= 11 is 5.91. The predicted octanol–water partition coefficient (Wildman–Crippen LogP) is 2.57. The SMILES string of the molecule is Cc1nccn1CCCNC(=O)c1cc([N+](=O)[O-])ccc1Cl. The van der Waals surface area contributed by atoms with Crippen LogP contribution in [0.25, 0.3) is 0 Å². The number of rotatable bonds is 6. The molecular weight excluding hydrogens is 308 g/mol. The van der Waals surface area contributed by atoms with Crippen LogP contribution in [0.2, 0.25) is 5.02 Å². The Balaban J connectivity index is 1.91. The minimum atomic E-state index is -0.561. The lowest BCUT2D eigenvalue weighted by molar-refractivity contribution is -0.384. The first-order valence-corrected chi connectivity index (χ1v) is 7.06. The molecule has 1 heterocycles. The fraction of sp³-hybridized carbons (Fsp3) is 0.286. The fourth-order valence-electron chi connectivity index (χ4n) is 1.99. The van der Waals surface area contributed by atoms with Crippen LogP contribution in [-0.2, 0) is 6.54 Å². The second kappa shape index (κ2) is 7.04. The number of aromatic nitrogens is 2. The second-order valence-electron chi connectivity index (χ2n) is 4.70. The summed E-state index contributed by atoms with van der Waals surface area (Å²) in [7, 11) is 0. The maximum absolute atomic E-state index is 12.0. The summed E-state index contributed by atoms with van der Waals surface area (Å²) in [5, 5.41) is 13.6. The third-order valence-corrected chi connectivity index (χ3v) is 3.52. The van der Waals surface area contributed by atoms with Crippen LogP contribution in [-0.4, -0.2) is 26.9 Å². The number of imidazole rings is 1. The highest BCUT2D eigenvalue weighted by atomic mass is 35.5. The van der Waals surface area contributed by atoms with Gasteiger partial charge < -0.3 is 9.88 Å². The first-order chi connectivity index (χ1) is 10.5. The van der Waals surface area contributed by atoms with Crippen LogP contribution in [0.1, 0.15) is 22.6 Å². The van der Waals surface area contributed by atoms with Crippen molar-refractivity contribution in [1.29, 1.82) is 0 Å². The Morgan fingerprint density at radius 3 is 2.91 bits per heavy atom. The molecule has 0 bridgehead atoms. The number of benzene rings is 1. The summed E-state index contributed by atoms with van der Waals surface area (Å²) in [5.41, 5.74) is -0.0572. The summed E-state index contributed by atoms with van der Waals surface area (Å²) in [4.78, 5) is 26.3. The molecule has 0 aliphatic carbocycles. The number of aryl methyl sites for hydroxylation is 2. The number of nitro benzene ring substituents is 1. The number of nitrogens with zero attached hydrogens (tertiary/aromatic N) is 3. The van der Waals surface area contributed by atoms with Gasteiger partial charge in [0.2, 0.25) is 0 Å². The lowest BCUT2D eigenvalue weighted by atomic mass is 10.2. The van der Waals surface area contributed by atoms with Gasteiger partial charge >= 0.3 is 0 Å². The van der Waals surface area contributed by atoms with E-state index in [1.807, 2.05) is 17.7 Å². The van der Waals surface area contributed by atoms with E-state index in [0.29, 0.717) is 6.54 Å². The quantitative estimate of drug-likeness (QED) is 0.503. The Morgan fingerprint density at radius 2 is 2.27 bits per heavy atom. The van der Waals surface area contributed by atoms with E-state index in [-0.39, 0.29) is 16.3 Å². The van der Waals surface area contributed by atoms with Gasteiger partial charge in [0.15, 0.2) is 0 Å². The molecule has 8 heteroatoms. The number of halogens is 1. The number of hydrogen-bond donors (Lipinski definition) is 1. The molecule has 2 rings (SSSR count). The van der Waals surface area contributed by atoms with Crippen molar-refractivity contribution in [2.75, 3.05) is 6.54 Å². The molecule has 1 aromatic heterocycles. The van der Waals surface area contributed by atoms with Gasteiger partial charge in [-0.25, -0.2) is 4.98 Å². The van der Waals surface area contributed by atoms with E-state index >= 15 is 0 Å². The molecule has 0 aliphatic heterocycles. The van der Waals surface area contributed by atoms with Gasteiger partial charge in [0.25, 0.3) is 11.6 Å². The van der Waals surface area contributed by atoms with Gasteiger partial charge in [-0.05, 0) is 19.4 Å². The normalized spacial score (nSPS) is 10.5. The Bertz CT molecular complexity index is 699. The zero-order valence-corrected chi connectivity index (χ0v) is 12.7. The van der Waals surface area contributed by atoms with Crippen molar-refractivity contribution < 1.29 is 9.72 Å². The first kappa shape index (κ1) is 16.0. The number of carbonyl (C=O) groups is 1. The third kappa shape index (κ3) is 3.82. The van der Waals surface area contributed by atoms with E-state index in [1.54, 1.807) is 6.20 Å². The van der Waals surface area contributed by atoms with Gasteiger partial charge in [0.05, 0.1) is 15.5 Å². The third-order valence-electron chi connectivity index (χ3n) is 3.19. The summed E-state index contributed by atoms with van der Waals surface area (Å²) in [6.07, 6.45) is 4.31. The Hall–Kier alpha value is -2.41. The number of hydrogen-bond acceptors (Lipinski definition) is 4. The van der Waals surface area contributed by atoms with Crippen LogP contribution in [0.4, 0.5) is 5.69 Å². The molecule has 7 nitrogen and oxygen atoms in total. The maximum Gasteiger partial charge on any atom is 0.270 e. The van der Waals surface area contributed by atoms with Gasteiger partial charge in [0, 0.05) is 37.6 Å². The molecule has 1 amide bonds. The minimum Gasteiger partial charge on any atom is -0.352 e. The molecule has 116 valence electrons. The molecule has 1 aromatic carbocycles. The summed E-state index contributed by atoms with van der Waals surface area (Å²) in [6.45, 7) is 3.08. The number of nitrogens with one attached hydrogen (secondary N) is 1. The van der Waals surface area contributed by atoms with Crippen molar-refractivity contribution >= 4 is 23.2 Å².